The fraction of sp³-hybridized carbons (Fsp3) is 0.176. The Hall–Kier alpha value is -2.33. The maximum atomic E-state index is 12.0. The van der Waals surface area contributed by atoms with Crippen molar-refractivity contribution < 1.29 is 9.59 Å². The summed E-state index contributed by atoms with van der Waals surface area (Å²) in [6.45, 7) is 2.87. The number of halogens is 1. The average molecular weight is 317 g/mol. The molecule has 2 amide bonds. The molecule has 0 radical (unpaired) electrons. The third kappa shape index (κ3) is 4.33. The molecule has 0 saturated carbocycles. The van der Waals surface area contributed by atoms with Crippen molar-refractivity contribution >= 4 is 23.4 Å². The lowest BCUT2D eigenvalue weighted by atomic mass is 10.1. The second-order valence-electron chi connectivity index (χ2n) is 4.75. The zero-order valence-electron chi connectivity index (χ0n) is 12.2. The molecule has 114 valence electrons. The van der Waals surface area contributed by atoms with Crippen LogP contribution in [0, 0.1) is 0 Å². The first-order valence-electron chi connectivity index (χ1n) is 7.01. The molecule has 0 aliphatic carbocycles. The summed E-state index contributed by atoms with van der Waals surface area (Å²) >= 11 is 5.79. The zero-order valence-corrected chi connectivity index (χ0v) is 13.0. The van der Waals surface area contributed by atoms with E-state index in [4.69, 9.17) is 11.6 Å². The summed E-state index contributed by atoms with van der Waals surface area (Å²) in [5.41, 5.74) is 2.09. The van der Waals surface area contributed by atoms with Crippen LogP contribution >= 0.6 is 11.6 Å². The predicted octanol–water partition coefficient (Wildman–Crippen LogP) is 3.02. The largest absolute Gasteiger partial charge is 0.352 e. The van der Waals surface area contributed by atoms with E-state index < -0.39 is 0 Å². The highest BCUT2D eigenvalue weighted by molar-refractivity contribution is 6.30. The van der Waals surface area contributed by atoms with Crippen molar-refractivity contribution in [2.75, 3.05) is 6.54 Å². The van der Waals surface area contributed by atoms with E-state index in [9.17, 15) is 9.59 Å². The molecule has 4 nitrogen and oxygen atoms in total. The Morgan fingerprint density at radius 2 is 1.36 bits per heavy atom. The molecule has 0 aromatic heterocycles. The minimum Gasteiger partial charge on any atom is -0.352 e. The van der Waals surface area contributed by atoms with Gasteiger partial charge in [0.05, 0.1) is 0 Å². The van der Waals surface area contributed by atoms with Gasteiger partial charge in [-0.05, 0) is 48.9 Å². The van der Waals surface area contributed by atoms with Crippen LogP contribution in [0.2, 0.25) is 5.02 Å². The van der Waals surface area contributed by atoms with Crippen molar-refractivity contribution in [1.29, 1.82) is 0 Å². The first-order chi connectivity index (χ1) is 10.6. The van der Waals surface area contributed by atoms with E-state index in [1.165, 1.54) is 0 Å². The molecule has 0 aliphatic rings. The van der Waals surface area contributed by atoms with E-state index >= 15 is 0 Å². The first-order valence-corrected chi connectivity index (χ1v) is 7.39. The molecular formula is C17H17ClN2O2. The molecule has 2 aromatic rings. The van der Waals surface area contributed by atoms with Gasteiger partial charge in [-0.3, -0.25) is 9.59 Å². The molecule has 0 bridgehead atoms. The number of hydrogen-bond donors (Lipinski definition) is 2. The summed E-state index contributed by atoms with van der Waals surface area (Å²) in [6.07, 6.45) is 0. The lowest BCUT2D eigenvalue weighted by Crippen LogP contribution is -2.23. The van der Waals surface area contributed by atoms with Crippen LogP contribution in [-0.2, 0) is 6.54 Å². The highest BCUT2D eigenvalue weighted by atomic mass is 35.5. The Bertz CT molecular complexity index is 651. The van der Waals surface area contributed by atoms with E-state index in [0.717, 1.165) is 5.56 Å². The van der Waals surface area contributed by atoms with Gasteiger partial charge in [0.1, 0.15) is 0 Å². The van der Waals surface area contributed by atoms with Gasteiger partial charge in [-0.25, -0.2) is 0 Å². The number of rotatable bonds is 5. The number of hydrogen-bond acceptors (Lipinski definition) is 2. The standard InChI is InChI=1S/C17H17ClN2O2/c1-2-19-16(21)13-5-3-12(4-6-13)11-20-17(22)14-7-9-15(18)10-8-14/h3-10H,2,11H2,1H3,(H,19,21)(H,20,22). The van der Waals surface area contributed by atoms with Crippen molar-refractivity contribution in [3.05, 3.63) is 70.2 Å². The SMILES string of the molecule is CCNC(=O)c1ccc(CNC(=O)c2ccc(Cl)cc2)cc1. The van der Waals surface area contributed by atoms with Crippen LogP contribution < -0.4 is 10.6 Å². The van der Waals surface area contributed by atoms with Crippen molar-refractivity contribution in [2.24, 2.45) is 0 Å². The Morgan fingerprint density at radius 3 is 1.91 bits per heavy atom. The van der Waals surface area contributed by atoms with Crippen LogP contribution in [0.3, 0.4) is 0 Å². The fourth-order valence-electron chi connectivity index (χ4n) is 1.92. The second-order valence-corrected chi connectivity index (χ2v) is 5.18. The maximum Gasteiger partial charge on any atom is 0.251 e. The van der Waals surface area contributed by atoms with Crippen molar-refractivity contribution in [3.63, 3.8) is 0 Å². The zero-order chi connectivity index (χ0) is 15.9. The minimum absolute atomic E-state index is 0.0979. The highest BCUT2D eigenvalue weighted by Crippen LogP contribution is 2.10. The van der Waals surface area contributed by atoms with Gasteiger partial charge in [-0.2, -0.15) is 0 Å². The lowest BCUT2D eigenvalue weighted by molar-refractivity contribution is 0.0943. The molecule has 0 fully saturated rings. The van der Waals surface area contributed by atoms with Gasteiger partial charge in [-0.15, -0.1) is 0 Å². The Morgan fingerprint density at radius 1 is 0.864 bits per heavy atom. The third-order valence-corrected chi connectivity index (χ3v) is 3.36. The predicted molar refractivity (Wildman–Crippen MR) is 87.1 cm³/mol. The summed E-state index contributed by atoms with van der Waals surface area (Å²) in [5.74, 6) is -0.260. The van der Waals surface area contributed by atoms with Gasteiger partial charge in [0, 0.05) is 29.2 Å². The molecule has 2 rings (SSSR count). The molecule has 2 aromatic carbocycles. The smallest absolute Gasteiger partial charge is 0.251 e. The van der Waals surface area contributed by atoms with Crippen LogP contribution in [0.5, 0.6) is 0 Å². The molecular weight excluding hydrogens is 300 g/mol. The number of carbonyl (C=O) groups excluding carboxylic acids is 2. The lowest BCUT2D eigenvalue weighted by Gasteiger charge is -2.07. The summed E-state index contributed by atoms with van der Waals surface area (Å²) in [7, 11) is 0. The third-order valence-electron chi connectivity index (χ3n) is 3.11. The molecule has 22 heavy (non-hydrogen) atoms. The van der Waals surface area contributed by atoms with Gasteiger partial charge in [0.15, 0.2) is 0 Å². The average Bonchev–Trinajstić information content (AvgIpc) is 2.54. The van der Waals surface area contributed by atoms with Crippen LogP contribution in [0.1, 0.15) is 33.2 Å². The van der Waals surface area contributed by atoms with Crippen molar-refractivity contribution in [1.82, 2.24) is 10.6 Å². The van der Waals surface area contributed by atoms with E-state index in [2.05, 4.69) is 10.6 Å². The monoisotopic (exact) mass is 316 g/mol. The topological polar surface area (TPSA) is 58.2 Å². The number of amides is 2. The van der Waals surface area contributed by atoms with Crippen molar-refractivity contribution in [2.45, 2.75) is 13.5 Å². The van der Waals surface area contributed by atoms with E-state index in [1.54, 1.807) is 36.4 Å². The van der Waals surface area contributed by atoms with Crippen molar-refractivity contribution in [3.8, 4) is 0 Å². The van der Waals surface area contributed by atoms with Gasteiger partial charge >= 0.3 is 0 Å². The molecule has 2 N–H and O–H groups in total. The summed E-state index contributed by atoms with van der Waals surface area (Å²) < 4.78 is 0. The molecule has 0 aliphatic heterocycles. The Kier molecular flexibility index (Phi) is 5.55. The summed E-state index contributed by atoms with van der Waals surface area (Å²) in [6, 6.07) is 13.9. The maximum absolute atomic E-state index is 12.0. The van der Waals surface area contributed by atoms with Crippen LogP contribution in [0.25, 0.3) is 0 Å². The van der Waals surface area contributed by atoms with Gasteiger partial charge < -0.3 is 10.6 Å². The highest BCUT2D eigenvalue weighted by Gasteiger charge is 2.06. The Labute approximate surface area is 134 Å². The molecule has 0 saturated heterocycles. The Balaban J connectivity index is 1.92. The van der Waals surface area contributed by atoms with E-state index in [0.29, 0.717) is 29.2 Å². The van der Waals surface area contributed by atoms with Gasteiger partial charge in [-0.1, -0.05) is 23.7 Å². The van der Waals surface area contributed by atoms with E-state index in [1.807, 2.05) is 19.1 Å². The quantitative estimate of drug-likeness (QED) is 0.891. The summed E-state index contributed by atoms with van der Waals surface area (Å²) in [5, 5.41) is 6.16. The van der Waals surface area contributed by atoms with Crippen LogP contribution in [0.15, 0.2) is 48.5 Å². The molecule has 0 heterocycles. The second kappa shape index (κ2) is 7.61. The molecule has 0 unspecified atom stereocenters. The number of carbonyl (C=O) groups is 2. The number of benzene rings is 2. The normalized spacial score (nSPS) is 10.1. The molecule has 0 spiro atoms. The minimum atomic E-state index is -0.163. The van der Waals surface area contributed by atoms with Gasteiger partial charge in [0.2, 0.25) is 0 Å². The van der Waals surface area contributed by atoms with Gasteiger partial charge in [0.25, 0.3) is 11.8 Å². The summed E-state index contributed by atoms with van der Waals surface area (Å²) in [4.78, 5) is 23.6. The first kappa shape index (κ1) is 16.0. The molecule has 0 atom stereocenters. The number of nitrogens with one attached hydrogen (secondary N) is 2. The van der Waals surface area contributed by atoms with Crippen LogP contribution in [0.4, 0.5) is 0 Å². The fourth-order valence-corrected chi connectivity index (χ4v) is 2.05. The van der Waals surface area contributed by atoms with E-state index in [-0.39, 0.29) is 11.8 Å². The molecule has 5 heteroatoms. The van der Waals surface area contributed by atoms with Crippen LogP contribution in [-0.4, -0.2) is 18.4 Å².